The van der Waals surface area contributed by atoms with Crippen LogP contribution in [-0.2, 0) is 0 Å². The second kappa shape index (κ2) is 6.42. The molecule has 0 aliphatic carbocycles. The summed E-state index contributed by atoms with van der Waals surface area (Å²) in [6.45, 7) is 17.4. The van der Waals surface area contributed by atoms with Crippen LogP contribution in [0.3, 0.4) is 0 Å². The first kappa shape index (κ1) is 18.7. The van der Waals surface area contributed by atoms with E-state index in [0.717, 1.165) is 0 Å². The molecule has 0 aromatic carbocycles. The summed E-state index contributed by atoms with van der Waals surface area (Å²) in [5.41, 5.74) is 0.552. The highest BCUT2D eigenvalue weighted by Crippen LogP contribution is 2.21. The Kier molecular flexibility index (Phi) is 9.23. The van der Waals surface area contributed by atoms with Gasteiger partial charge in [0.25, 0.3) is 0 Å². The molecule has 13 heavy (non-hydrogen) atoms. The Bertz CT molecular complexity index is 89.3. The molecule has 1 heteroatoms. The smallest absolute Gasteiger partial charge is 0.0127 e. The summed E-state index contributed by atoms with van der Waals surface area (Å²) < 4.78 is 0. The Hall–Kier alpha value is -0.0400. The van der Waals surface area contributed by atoms with Crippen LogP contribution >= 0.6 is 0 Å². The van der Waals surface area contributed by atoms with Crippen LogP contribution in [0.15, 0.2) is 0 Å². The molecule has 1 nitrogen and oxygen atoms in total. The van der Waals surface area contributed by atoms with Crippen LogP contribution in [0.2, 0.25) is 0 Å². The molecule has 0 aromatic rings. The van der Waals surface area contributed by atoms with Crippen molar-refractivity contribution in [1.29, 1.82) is 0 Å². The third-order valence-electron chi connectivity index (χ3n) is 2.01. The van der Waals surface area contributed by atoms with E-state index in [4.69, 9.17) is 0 Å². The maximum absolute atomic E-state index is 2.38. The first-order valence-electron chi connectivity index (χ1n) is 4.89. The van der Waals surface area contributed by atoms with Crippen LogP contribution in [0.1, 0.15) is 62.8 Å². The van der Waals surface area contributed by atoms with Gasteiger partial charge in [0.1, 0.15) is 0 Å². The summed E-state index contributed by atoms with van der Waals surface area (Å²) >= 11 is 0. The highest BCUT2D eigenvalue weighted by atomic mass is 15.2. The fourth-order valence-corrected chi connectivity index (χ4v) is 1.01. The van der Waals surface area contributed by atoms with E-state index in [2.05, 4.69) is 53.5 Å². The predicted octanol–water partition coefficient (Wildman–Crippen LogP) is 4.18. The molecule has 0 aliphatic rings. The number of hydrogen-bond acceptors (Lipinski definition) is 1. The van der Waals surface area contributed by atoms with Gasteiger partial charge in [0, 0.05) is 11.1 Å². The van der Waals surface area contributed by atoms with Gasteiger partial charge in [0.15, 0.2) is 0 Å². The summed E-state index contributed by atoms with van der Waals surface area (Å²) in [6, 6.07) is 0. The van der Waals surface area contributed by atoms with Crippen molar-refractivity contribution in [2.75, 3.05) is 7.05 Å². The van der Waals surface area contributed by atoms with Gasteiger partial charge in [-0.15, -0.1) is 0 Å². The van der Waals surface area contributed by atoms with Crippen molar-refractivity contribution in [3.05, 3.63) is 0 Å². The molecule has 0 fully saturated rings. The summed E-state index contributed by atoms with van der Waals surface area (Å²) in [6.07, 6.45) is 0. The molecule has 0 aromatic heterocycles. The normalized spacial score (nSPS) is 11.5. The van der Waals surface area contributed by atoms with E-state index in [1.54, 1.807) is 0 Å². The van der Waals surface area contributed by atoms with Crippen molar-refractivity contribution in [3.63, 3.8) is 0 Å². The fourth-order valence-electron chi connectivity index (χ4n) is 1.01. The zero-order valence-corrected chi connectivity index (χ0v) is 10.4. The van der Waals surface area contributed by atoms with Gasteiger partial charge in [-0.1, -0.05) is 21.3 Å². The van der Waals surface area contributed by atoms with Gasteiger partial charge in [-0.05, 0) is 48.6 Å². The zero-order valence-electron chi connectivity index (χ0n) is 10.4. The molecule has 0 N–H and O–H groups in total. The Labute approximate surface area is 86.5 Å². The molecule has 0 saturated carbocycles. The third kappa shape index (κ3) is 8.29. The van der Waals surface area contributed by atoms with Gasteiger partial charge in [-0.25, -0.2) is 0 Å². The maximum atomic E-state index is 2.38. The van der Waals surface area contributed by atoms with Gasteiger partial charge >= 0.3 is 0 Å². The molecule has 0 rings (SSSR count). The topological polar surface area (TPSA) is 3.24 Å². The molecular formula is C12H31N. The zero-order chi connectivity index (χ0) is 10.6. The highest BCUT2D eigenvalue weighted by Gasteiger charge is 2.26. The third-order valence-corrected chi connectivity index (χ3v) is 2.01. The maximum Gasteiger partial charge on any atom is 0.0127 e. The van der Waals surface area contributed by atoms with Crippen molar-refractivity contribution in [3.8, 4) is 0 Å². The van der Waals surface area contributed by atoms with E-state index in [-0.39, 0.29) is 18.5 Å². The molecule has 0 aliphatic heterocycles. The lowest BCUT2D eigenvalue weighted by Gasteiger charge is -2.42. The lowest BCUT2D eigenvalue weighted by Crippen LogP contribution is -2.49. The summed E-state index contributed by atoms with van der Waals surface area (Å²) in [5.74, 6) is 0. The second-order valence-corrected chi connectivity index (χ2v) is 4.90. The molecule has 0 heterocycles. The van der Waals surface area contributed by atoms with Gasteiger partial charge in [-0.2, -0.15) is 0 Å². The molecule has 0 atom stereocenters. The van der Waals surface area contributed by atoms with Crippen LogP contribution in [0.5, 0.6) is 0 Å². The molecule has 0 saturated heterocycles. The van der Waals surface area contributed by atoms with E-state index in [9.17, 15) is 0 Å². The molecule has 0 bridgehead atoms. The predicted molar refractivity (Wildman–Crippen MR) is 65.3 cm³/mol. The van der Waals surface area contributed by atoms with E-state index < -0.39 is 0 Å². The van der Waals surface area contributed by atoms with Gasteiger partial charge < -0.3 is 0 Å². The average molecular weight is 189 g/mol. The first-order chi connectivity index (χ1) is 5.15. The lowest BCUT2D eigenvalue weighted by molar-refractivity contribution is 0.0700. The average Bonchev–Trinajstić information content (AvgIpc) is 1.87. The van der Waals surface area contributed by atoms with Crippen molar-refractivity contribution < 1.29 is 0 Å². The number of rotatable bonds is 0. The SMILES string of the molecule is C.CC.CN(C(C)(C)C)C(C)(C)C. The molecule has 0 amide bonds. The minimum atomic E-state index is 0. The lowest BCUT2D eigenvalue weighted by atomic mass is 9.98. The summed E-state index contributed by atoms with van der Waals surface area (Å²) in [5, 5.41) is 0. The highest BCUT2D eigenvalue weighted by molar-refractivity contribution is 4.83. The molecule has 84 valence electrons. The van der Waals surface area contributed by atoms with E-state index in [0.29, 0.717) is 0 Å². The second-order valence-electron chi connectivity index (χ2n) is 4.90. The Morgan fingerprint density at radius 1 is 0.692 bits per heavy atom. The largest absolute Gasteiger partial charge is 0.297 e. The fraction of sp³-hybridized carbons (Fsp3) is 1.00. The van der Waals surface area contributed by atoms with Crippen molar-refractivity contribution in [2.24, 2.45) is 0 Å². The van der Waals surface area contributed by atoms with Crippen molar-refractivity contribution >= 4 is 0 Å². The minimum Gasteiger partial charge on any atom is -0.297 e. The van der Waals surface area contributed by atoms with Gasteiger partial charge in [-0.3, -0.25) is 4.90 Å². The van der Waals surface area contributed by atoms with E-state index in [1.165, 1.54) is 0 Å². The van der Waals surface area contributed by atoms with Crippen LogP contribution < -0.4 is 0 Å². The van der Waals surface area contributed by atoms with Crippen LogP contribution in [0.25, 0.3) is 0 Å². The van der Waals surface area contributed by atoms with E-state index >= 15 is 0 Å². The Morgan fingerprint density at radius 3 is 0.846 bits per heavy atom. The number of nitrogens with zero attached hydrogens (tertiary/aromatic N) is 1. The minimum absolute atomic E-state index is 0. The quantitative estimate of drug-likeness (QED) is 0.552. The van der Waals surface area contributed by atoms with Gasteiger partial charge in [0.2, 0.25) is 0 Å². The Morgan fingerprint density at radius 2 is 0.846 bits per heavy atom. The monoisotopic (exact) mass is 189 g/mol. The first-order valence-corrected chi connectivity index (χ1v) is 4.89. The summed E-state index contributed by atoms with van der Waals surface area (Å²) in [7, 11) is 2.17. The standard InChI is InChI=1S/C9H21N.C2H6.CH4/c1-8(2,3)10(7)9(4,5)6;1-2;/h1-7H3;1-2H3;1H4. The van der Waals surface area contributed by atoms with Crippen LogP contribution in [0, 0.1) is 0 Å². The van der Waals surface area contributed by atoms with Crippen molar-refractivity contribution in [2.45, 2.75) is 73.9 Å². The van der Waals surface area contributed by atoms with Gasteiger partial charge in [0.05, 0.1) is 0 Å². The molecular weight excluding hydrogens is 158 g/mol. The molecule has 0 radical (unpaired) electrons. The molecule has 0 unspecified atom stereocenters. The summed E-state index contributed by atoms with van der Waals surface area (Å²) in [4.78, 5) is 2.38. The van der Waals surface area contributed by atoms with Crippen LogP contribution in [0.4, 0.5) is 0 Å². The van der Waals surface area contributed by atoms with Crippen LogP contribution in [-0.4, -0.2) is 23.0 Å². The Balaban J connectivity index is -0.000000309. The van der Waals surface area contributed by atoms with E-state index in [1.807, 2.05) is 13.8 Å². The molecule has 0 spiro atoms. The van der Waals surface area contributed by atoms with Crippen molar-refractivity contribution in [1.82, 2.24) is 4.90 Å². The number of hydrogen-bond donors (Lipinski definition) is 0.